The van der Waals surface area contributed by atoms with Crippen molar-refractivity contribution in [1.29, 1.82) is 0 Å². The Balaban J connectivity index is 1.58. The van der Waals surface area contributed by atoms with Gasteiger partial charge in [0.25, 0.3) is 5.91 Å². The molecule has 8 nitrogen and oxygen atoms in total. The molecule has 0 radical (unpaired) electrons. The molecule has 0 fully saturated rings. The van der Waals surface area contributed by atoms with Gasteiger partial charge in [0.1, 0.15) is 30.0 Å². The van der Waals surface area contributed by atoms with Gasteiger partial charge in [-0.2, -0.15) is 18.3 Å². The quantitative estimate of drug-likeness (QED) is 0.574. The maximum atomic E-state index is 12.4. The van der Waals surface area contributed by atoms with Crippen LogP contribution in [0.15, 0.2) is 49.2 Å². The summed E-state index contributed by atoms with van der Waals surface area (Å²) in [5.74, 6) is -0.431. The summed E-state index contributed by atoms with van der Waals surface area (Å²) < 4.78 is 48.4. The van der Waals surface area contributed by atoms with Gasteiger partial charge in [0, 0.05) is 18.0 Å². The first-order valence-electron chi connectivity index (χ1n) is 8.52. The third-order valence-electron chi connectivity index (χ3n) is 3.59. The summed E-state index contributed by atoms with van der Waals surface area (Å²) in [5.41, 5.74) is 0.503. The molecule has 0 aliphatic rings. The molecule has 2 heterocycles. The third-order valence-corrected chi connectivity index (χ3v) is 3.86. The van der Waals surface area contributed by atoms with E-state index in [0.717, 1.165) is 6.20 Å². The van der Waals surface area contributed by atoms with Crippen LogP contribution in [0.3, 0.4) is 0 Å². The van der Waals surface area contributed by atoms with Crippen molar-refractivity contribution in [3.63, 3.8) is 0 Å². The van der Waals surface area contributed by atoms with Gasteiger partial charge in [-0.25, -0.2) is 14.6 Å². The van der Waals surface area contributed by atoms with E-state index in [1.54, 1.807) is 35.3 Å². The molecule has 0 aliphatic carbocycles. The normalized spacial score (nSPS) is 11.2. The molecule has 0 unspecified atom stereocenters. The molecule has 3 rings (SSSR count). The zero-order chi connectivity index (χ0) is 21.6. The number of amides is 1. The number of ether oxygens (including phenoxy) is 2. The summed E-state index contributed by atoms with van der Waals surface area (Å²) in [6.07, 6.45) is -0.459. The van der Waals surface area contributed by atoms with Crippen LogP contribution in [-0.4, -0.2) is 45.0 Å². The number of anilines is 1. The number of alkyl halides is 3. The summed E-state index contributed by atoms with van der Waals surface area (Å²) in [5, 5.41) is 6.39. The standard InChI is InChI=1S/C18H15ClF3N5O3/c19-15-6-12(8-24-17(15)30-9-18(20,21)22)16(28)26-13-2-1-3-14(7-13)29-5-4-27-11-23-10-25-27/h1-3,6-8,10-11H,4-5,9H2,(H,26,28). The van der Waals surface area contributed by atoms with Gasteiger partial charge in [0.05, 0.1) is 12.1 Å². The van der Waals surface area contributed by atoms with E-state index < -0.39 is 24.6 Å². The highest BCUT2D eigenvalue weighted by Crippen LogP contribution is 2.25. The first kappa shape index (κ1) is 21.4. The summed E-state index contributed by atoms with van der Waals surface area (Å²) in [4.78, 5) is 19.9. The summed E-state index contributed by atoms with van der Waals surface area (Å²) in [6, 6.07) is 7.86. The summed E-state index contributed by atoms with van der Waals surface area (Å²) in [7, 11) is 0. The lowest BCUT2D eigenvalue weighted by Crippen LogP contribution is -2.20. The summed E-state index contributed by atoms with van der Waals surface area (Å²) in [6.45, 7) is -0.682. The number of pyridine rings is 1. The van der Waals surface area contributed by atoms with Crippen molar-refractivity contribution in [3.8, 4) is 11.6 Å². The fourth-order valence-corrected chi connectivity index (χ4v) is 2.50. The van der Waals surface area contributed by atoms with Crippen molar-refractivity contribution < 1.29 is 27.4 Å². The molecule has 1 aromatic carbocycles. The Kier molecular flexibility index (Phi) is 6.72. The Labute approximate surface area is 173 Å². The topological polar surface area (TPSA) is 91.2 Å². The van der Waals surface area contributed by atoms with Crippen LogP contribution < -0.4 is 14.8 Å². The molecule has 0 spiro atoms. The van der Waals surface area contributed by atoms with Crippen LogP contribution in [0.5, 0.6) is 11.6 Å². The molecule has 3 aromatic rings. The second kappa shape index (κ2) is 9.44. The third kappa shape index (κ3) is 6.34. The minimum absolute atomic E-state index is 0.0527. The molecule has 30 heavy (non-hydrogen) atoms. The van der Waals surface area contributed by atoms with Gasteiger partial charge in [0.15, 0.2) is 6.61 Å². The number of aromatic nitrogens is 4. The van der Waals surface area contributed by atoms with E-state index >= 15 is 0 Å². The maximum absolute atomic E-state index is 12.4. The Morgan fingerprint density at radius 2 is 2.07 bits per heavy atom. The number of hydrogen-bond acceptors (Lipinski definition) is 6. The smallest absolute Gasteiger partial charge is 0.422 e. The van der Waals surface area contributed by atoms with Crippen LogP contribution in [0.1, 0.15) is 10.4 Å². The first-order valence-corrected chi connectivity index (χ1v) is 8.90. The lowest BCUT2D eigenvalue weighted by molar-refractivity contribution is -0.154. The molecule has 0 atom stereocenters. The number of hydrogen-bond donors (Lipinski definition) is 1. The molecule has 0 saturated heterocycles. The van der Waals surface area contributed by atoms with Crippen LogP contribution in [-0.2, 0) is 6.54 Å². The monoisotopic (exact) mass is 441 g/mol. The van der Waals surface area contributed by atoms with Crippen LogP contribution >= 0.6 is 11.6 Å². The van der Waals surface area contributed by atoms with E-state index in [9.17, 15) is 18.0 Å². The maximum Gasteiger partial charge on any atom is 0.422 e. The molecule has 12 heteroatoms. The Hall–Kier alpha value is -3.34. The van der Waals surface area contributed by atoms with E-state index in [1.165, 1.54) is 12.4 Å². The van der Waals surface area contributed by atoms with Gasteiger partial charge >= 0.3 is 6.18 Å². The van der Waals surface area contributed by atoms with E-state index in [4.69, 9.17) is 16.3 Å². The molecule has 158 valence electrons. The van der Waals surface area contributed by atoms with Crippen molar-refractivity contribution in [1.82, 2.24) is 19.7 Å². The van der Waals surface area contributed by atoms with E-state index in [1.807, 2.05) is 0 Å². The fourth-order valence-electron chi connectivity index (χ4n) is 2.28. The van der Waals surface area contributed by atoms with Gasteiger partial charge in [-0.1, -0.05) is 17.7 Å². The Morgan fingerprint density at radius 1 is 1.23 bits per heavy atom. The number of nitrogens with zero attached hydrogens (tertiary/aromatic N) is 4. The van der Waals surface area contributed by atoms with Crippen molar-refractivity contribution in [2.24, 2.45) is 0 Å². The van der Waals surface area contributed by atoms with Crippen LogP contribution in [0, 0.1) is 0 Å². The Bertz CT molecular complexity index is 999. The summed E-state index contributed by atoms with van der Waals surface area (Å²) >= 11 is 5.86. The zero-order valence-electron chi connectivity index (χ0n) is 15.3. The van der Waals surface area contributed by atoms with E-state index in [2.05, 4.69) is 25.1 Å². The zero-order valence-corrected chi connectivity index (χ0v) is 16.0. The number of benzene rings is 1. The van der Waals surface area contributed by atoms with Crippen molar-refractivity contribution >= 4 is 23.2 Å². The second-order valence-electron chi connectivity index (χ2n) is 5.90. The molecular formula is C18H15ClF3N5O3. The van der Waals surface area contributed by atoms with Crippen molar-refractivity contribution in [2.75, 3.05) is 18.5 Å². The largest absolute Gasteiger partial charge is 0.492 e. The second-order valence-corrected chi connectivity index (χ2v) is 6.31. The number of carbonyl (C=O) groups excluding carboxylic acids is 1. The highest BCUT2D eigenvalue weighted by molar-refractivity contribution is 6.32. The van der Waals surface area contributed by atoms with Gasteiger partial charge in [-0.15, -0.1) is 0 Å². The lowest BCUT2D eigenvalue weighted by atomic mass is 10.2. The number of rotatable bonds is 8. The van der Waals surface area contributed by atoms with Gasteiger partial charge in [0.2, 0.25) is 5.88 Å². The minimum atomic E-state index is -4.52. The lowest BCUT2D eigenvalue weighted by Gasteiger charge is -2.11. The number of carbonyl (C=O) groups is 1. The van der Waals surface area contributed by atoms with E-state index in [-0.39, 0.29) is 10.6 Å². The van der Waals surface area contributed by atoms with Crippen LogP contribution in [0.25, 0.3) is 0 Å². The predicted molar refractivity (Wildman–Crippen MR) is 101 cm³/mol. The fraction of sp³-hybridized carbons (Fsp3) is 0.222. The molecule has 2 aromatic heterocycles. The van der Waals surface area contributed by atoms with Crippen LogP contribution in [0.4, 0.5) is 18.9 Å². The molecule has 1 amide bonds. The highest BCUT2D eigenvalue weighted by atomic mass is 35.5. The van der Waals surface area contributed by atoms with Gasteiger partial charge in [-0.3, -0.25) is 4.79 Å². The predicted octanol–water partition coefficient (Wildman–Crippen LogP) is 3.60. The average molecular weight is 442 g/mol. The average Bonchev–Trinajstić information content (AvgIpc) is 3.20. The minimum Gasteiger partial charge on any atom is -0.492 e. The molecule has 1 N–H and O–H groups in total. The van der Waals surface area contributed by atoms with E-state index in [0.29, 0.717) is 24.6 Å². The molecule has 0 saturated carbocycles. The van der Waals surface area contributed by atoms with Gasteiger partial charge < -0.3 is 14.8 Å². The van der Waals surface area contributed by atoms with Gasteiger partial charge in [-0.05, 0) is 18.2 Å². The SMILES string of the molecule is O=C(Nc1cccc(OCCn2cncn2)c1)c1cnc(OCC(F)(F)F)c(Cl)c1. The molecule has 0 bridgehead atoms. The number of halogens is 4. The first-order chi connectivity index (χ1) is 14.3. The van der Waals surface area contributed by atoms with Crippen molar-refractivity contribution in [2.45, 2.75) is 12.7 Å². The molecular weight excluding hydrogens is 427 g/mol. The highest BCUT2D eigenvalue weighted by Gasteiger charge is 2.29. The molecule has 0 aliphatic heterocycles. The van der Waals surface area contributed by atoms with Crippen LogP contribution in [0.2, 0.25) is 5.02 Å². The van der Waals surface area contributed by atoms with Crippen molar-refractivity contribution in [3.05, 3.63) is 59.8 Å². The Morgan fingerprint density at radius 3 is 2.77 bits per heavy atom. The number of nitrogens with one attached hydrogen (secondary N) is 1.